The monoisotopic (exact) mass is 549 g/mol. The van der Waals surface area contributed by atoms with Crippen molar-refractivity contribution in [2.24, 2.45) is 10.8 Å². The first kappa shape index (κ1) is 26.6. The Bertz CT molecular complexity index is 1440. The van der Waals surface area contributed by atoms with E-state index < -0.39 is 5.91 Å². The lowest BCUT2D eigenvalue weighted by atomic mass is 10.1. The lowest BCUT2D eigenvalue weighted by Gasteiger charge is -2.13. The third-order valence-corrected chi connectivity index (χ3v) is 6.08. The second kappa shape index (κ2) is 12.7. The molecule has 0 aliphatic rings. The summed E-state index contributed by atoms with van der Waals surface area (Å²) in [7, 11) is 0. The maximum atomic E-state index is 12.6. The average Bonchev–Trinajstić information content (AvgIpc) is 3.37. The Hall–Kier alpha value is -4.41. The van der Waals surface area contributed by atoms with E-state index >= 15 is 0 Å². The number of thiazole rings is 1. The molecule has 0 aliphatic carbocycles. The molecule has 194 valence electrons. The number of primary amides is 1. The maximum absolute atomic E-state index is 12.6. The molecule has 0 saturated carbocycles. The summed E-state index contributed by atoms with van der Waals surface area (Å²) in [6.07, 6.45) is 1.43. The highest BCUT2D eigenvalue weighted by Crippen LogP contribution is 2.36. The Morgan fingerprint density at radius 2 is 1.87 bits per heavy atom. The smallest absolute Gasteiger partial charge is 0.271 e. The van der Waals surface area contributed by atoms with Gasteiger partial charge in [0, 0.05) is 22.2 Å². The summed E-state index contributed by atoms with van der Waals surface area (Å²) in [5, 5.41) is 10.2. The Balaban J connectivity index is 1.38. The number of anilines is 2. The summed E-state index contributed by atoms with van der Waals surface area (Å²) in [6, 6.07) is 20.1. The van der Waals surface area contributed by atoms with Crippen LogP contribution in [-0.4, -0.2) is 36.2 Å². The summed E-state index contributed by atoms with van der Waals surface area (Å²) in [5.41, 5.74) is 11.3. The quantitative estimate of drug-likeness (QED) is 0.173. The topological polar surface area (TPSA) is 128 Å². The largest absolute Gasteiger partial charge is 0.490 e. The van der Waals surface area contributed by atoms with E-state index in [4.69, 9.17) is 26.8 Å². The van der Waals surface area contributed by atoms with Gasteiger partial charge in [0.2, 0.25) is 0 Å². The number of aromatic nitrogens is 1. The number of nitrogens with zero attached hydrogens (tertiary/aromatic N) is 2. The Kier molecular flexibility index (Phi) is 8.91. The van der Waals surface area contributed by atoms with Crippen LogP contribution in [0.25, 0.3) is 11.3 Å². The van der Waals surface area contributed by atoms with Crippen LogP contribution in [0.3, 0.4) is 0 Å². The molecule has 4 N–H and O–H groups in total. The molecule has 0 bridgehead atoms. The molecular formula is C27H24ClN5O4S. The number of ether oxygens (including phenoxy) is 2. The van der Waals surface area contributed by atoms with E-state index in [0.717, 1.165) is 22.1 Å². The van der Waals surface area contributed by atoms with Crippen LogP contribution in [0.5, 0.6) is 11.5 Å². The van der Waals surface area contributed by atoms with Crippen molar-refractivity contribution in [1.29, 1.82) is 0 Å². The predicted molar refractivity (Wildman–Crippen MR) is 150 cm³/mol. The van der Waals surface area contributed by atoms with Gasteiger partial charge in [-0.05, 0) is 48.9 Å². The van der Waals surface area contributed by atoms with Crippen LogP contribution in [0.1, 0.15) is 22.8 Å². The van der Waals surface area contributed by atoms with Gasteiger partial charge in [-0.2, -0.15) is 5.10 Å². The number of hydrogen-bond acceptors (Lipinski definition) is 8. The van der Waals surface area contributed by atoms with Crippen LogP contribution >= 0.6 is 22.9 Å². The van der Waals surface area contributed by atoms with Gasteiger partial charge in [-0.3, -0.25) is 9.59 Å². The number of carbonyl (C=O) groups is 2. The Morgan fingerprint density at radius 3 is 2.58 bits per heavy atom. The number of hydrazone groups is 1. The first-order chi connectivity index (χ1) is 18.4. The van der Waals surface area contributed by atoms with Crippen LogP contribution in [0.15, 0.2) is 77.2 Å². The summed E-state index contributed by atoms with van der Waals surface area (Å²) in [6.45, 7) is 1.81. The highest BCUT2D eigenvalue weighted by molar-refractivity contribution is 7.14. The van der Waals surface area contributed by atoms with Gasteiger partial charge in [-0.1, -0.05) is 41.9 Å². The summed E-state index contributed by atoms with van der Waals surface area (Å²) < 4.78 is 10.9. The third-order valence-electron chi connectivity index (χ3n) is 5.04. The minimum absolute atomic E-state index is 0.205. The fourth-order valence-electron chi connectivity index (χ4n) is 3.34. The molecule has 38 heavy (non-hydrogen) atoms. The van der Waals surface area contributed by atoms with Crippen molar-refractivity contribution in [2.45, 2.75) is 6.92 Å². The van der Waals surface area contributed by atoms with Gasteiger partial charge >= 0.3 is 0 Å². The summed E-state index contributed by atoms with van der Waals surface area (Å²) in [4.78, 5) is 28.2. The molecule has 4 rings (SSSR count). The number of nitrogens with one attached hydrogen (secondary N) is 2. The highest BCUT2D eigenvalue weighted by atomic mass is 35.5. The maximum Gasteiger partial charge on any atom is 0.271 e. The number of benzene rings is 3. The zero-order chi connectivity index (χ0) is 26.9. The second-order valence-corrected chi connectivity index (χ2v) is 9.09. The number of carbonyl (C=O) groups excluding carboxylic acids is 2. The first-order valence-corrected chi connectivity index (χ1v) is 12.8. The molecule has 9 nitrogen and oxygen atoms in total. The minimum atomic E-state index is -0.638. The molecule has 3 aromatic carbocycles. The molecule has 0 unspecified atom stereocenters. The van der Waals surface area contributed by atoms with Gasteiger partial charge in [0.1, 0.15) is 0 Å². The van der Waals surface area contributed by atoms with Gasteiger partial charge in [-0.25, -0.2) is 10.4 Å². The predicted octanol–water partition coefficient (Wildman–Crippen LogP) is 5.23. The van der Waals surface area contributed by atoms with Gasteiger partial charge in [0.15, 0.2) is 23.2 Å². The van der Waals surface area contributed by atoms with Gasteiger partial charge in [0.25, 0.3) is 11.8 Å². The standard InChI is InChI=1S/C27H24ClN5O4S/c1-2-36-23-13-17(12-21(28)25(23)37-15-24(29)34)14-30-33-26(35)19-10-8-18(9-11-19)22-16-38-27(32-22)31-20-6-4-3-5-7-20/h3-14,16H,2,15H2,1H3,(H2,29,34)(H,31,32)(H,33,35)/b30-14+. The van der Waals surface area contributed by atoms with E-state index in [-0.39, 0.29) is 23.3 Å². The van der Waals surface area contributed by atoms with E-state index in [9.17, 15) is 9.59 Å². The SMILES string of the molecule is CCOc1cc(/C=N/NC(=O)c2ccc(-c3csc(Nc4ccccc4)n3)cc2)cc(Cl)c1OCC(N)=O. The molecule has 0 saturated heterocycles. The van der Waals surface area contributed by atoms with Crippen LogP contribution in [0, 0.1) is 0 Å². The lowest BCUT2D eigenvalue weighted by molar-refractivity contribution is -0.119. The molecule has 4 aromatic rings. The molecule has 2 amide bonds. The van der Waals surface area contributed by atoms with Crippen molar-refractivity contribution >= 4 is 51.8 Å². The number of rotatable bonds is 11. The van der Waals surface area contributed by atoms with Gasteiger partial charge in [0.05, 0.1) is 23.5 Å². The molecular weight excluding hydrogens is 526 g/mol. The van der Waals surface area contributed by atoms with Crippen LogP contribution in [0.4, 0.5) is 10.8 Å². The molecule has 1 aromatic heterocycles. The number of para-hydroxylation sites is 1. The van der Waals surface area contributed by atoms with E-state index in [0.29, 0.717) is 23.5 Å². The summed E-state index contributed by atoms with van der Waals surface area (Å²) in [5.74, 6) is -0.484. The lowest BCUT2D eigenvalue weighted by Crippen LogP contribution is -2.20. The first-order valence-electron chi connectivity index (χ1n) is 11.5. The van der Waals surface area contributed by atoms with Crippen molar-refractivity contribution in [3.8, 4) is 22.8 Å². The van der Waals surface area contributed by atoms with E-state index in [1.54, 1.807) is 31.2 Å². The Morgan fingerprint density at radius 1 is 1.11 bits per heavy atom. The molecule has 1 heterocycles. The van der Waals surface area contributed by atoms with Crippen molar-refractivity contribution < 1.29 is 19.1 Å². The van der Waals surface area contributed by atoms with E-state index in [1.807, 2.05) is 47.8 Å². The zero-order valence-corrected chi connectivity index (χ0v) is 21.9. The average molecular weight is 550 g/mol. The number of hydrogen-bond donors (Lipinski definition) is 3. The fraction of sp³-hybridized carbons (Fsp3) is 0.111. The number of halogens is 1. The molecule has 0 aliphatic heterocycles. The Labute approximate surface area is 228 Å². The normalized spacial score (nSPS) is 10.8. The van der Waals surface area contributed by atoms with Crippen molar-refractivity contribution in [3.63, 3.8) is 0 Å². The molecule has 0 fully saturated rings. The highest BCUT2D eigenvalue weighted by Gasteiger charge is 2.13. The van der Waals surface area contributed by atoms with Gasteiger partial charge in [-0.15, -0.1) is 11.3 Å². The molecule has 0 radical (unpaired) electrons. The number of nitrogens with two attached hydrogens (primary N) is 1. The van der Waals surface area contributed by atoms with Crippen molar-refractivity contribution in [3.05, 3.63) is 88.3 Å². The van der Waals surface area contributed by atoms with Crippen molar-refractivity contribution in [1.82, 2.24) is 10.4 Å². The third kappa shape index (κ3) is 7.09. The molecule has 11 heteroatoms. The zero-order valence-electron chi connectivity index (χ0n) is 20.3. The van der Waals surface area contributed by atoms with E-state index in [2.05, 4.69) is 20.8 Å². The number of amides is 2. The van der Waals surface area contributed by atoms with Crippen LogP contribution in [-0.2, 0) is 4.79 Å². The second-order valence-electron chi connectivity index (χ2n) is 7.82. The van der Waals surface area contributed by atoms with Crippen molar-refractivity contribution in [2.75, 3.05) is 18.5 Å². The van der Waals surface area contributed by atoms with Gasteiger partial charge < -0.3 is 20.5 Å². The van der Waals surface area contributed by atoms with Crippen LogP contribution < -0.4 is 25.9 Å². The van der Waals surface area contributed by atoms with E-state index in [1.165, 1.54) is 17.6 Å². The molecule has 0 atom stereocenters. The summed E-state index contributed by atoms with van der Waals surface area (Å²) >= 11 is 7.78. The molecule has 0 spiro atoms. The van der Waals surface area contributed by atoms with Crippen LogP contribution in [0.2, 0.25) is 5.02 Å². The minimum Gasteiger partial charge on any atom is -0.490 e. The fourth-order valence-corrected chi connectivity index (χ4v) is 4.35.